The standard InChI is InChI=1S/C11H14Cl2N2O3S/c1-7(19(2)18)3-4-14-10-5-8(12)9(13)6-11(10)15(16)17/h5-7,14H,3-4H2,1-2H3. The van der Waals surface area contributed by atoms with E-state index < -0.39 is 15.7 Å². The van der Waals surface area contributed by atoms with Crippen LogP contribution in [0.1, 0.15) is 13.3 Å². The highest BCUT2D eigenvalue weighted by Crippen LogP contribution is 2.33. The molecule has 1 aromatic rings. The van der Waals surface area contributed by atoms with E-state index in [9.17, 15) is 14.3 Å². The highest BCUT2D eigenvalue weighted by Gasteiger charge is 2.17. The molecule has 0 saturated heterocycles. The molecular weight excluding hydrogens is 311 g/mol. The average Bonchev–Trinajstić information content (AvgIpc) is 2.32. The first-order valence-electron chi connectivity index (χ1n) is 5.52. The van der Waals surface area contributed by atoms with E-state index in [1.54, 1.807) is 6.26 Å². The average molecular weight is 325 g/mol. The largest absolute Gasteiger partial charge is 0.379 e. The van der Waals surface area contributed by atoms with Gasteiger partial charge in [0.15, 0.2) is 0 Å². The summed E-state index contributed by atoms with van der Waals surface area (Å²) in [6, 6.07) is 2.64. The summed E-state index contributed by atoms with van der Waals surface area (Å²) in [6.45, 7) is 2.33. The van der Waals surface area contributed by atoms with Crippen molar-refractivity contribution in [2.45, 2.75) is 18.6 Å². The van der Waals surface area contributed by atoms with E-state index in [4.69, 9.17) is 23.2 Å². The molecule has 5 nitrogen and oxygen atoms in total. The van der Waals surface area contributed by atoms with Crippen LogP contribution in [0.15, 0.2) is 12.1 Å². The fourth-order valence-corrected chi connectivity index (χ4v) is 2.18. The minimum absolute atomic E-state index is 0.0225. The lowest BCUT2D eigenvalue weighted by Crippen LogP contribution is -2.15. The summed E-state index contributed by atoms with van der Waals surface area (Å²) < 4.78 is 11.2. The van der Waals surface area contributed by atoms with Crippen molar-refractivity contribution in [1.82, 2.24) is 0 Å². The third-order valence-corrected chi connectivity index (χ3v) is 4.76. The van der Waals surface area contributed by atoms with Crippen LogP contribution < -0.4 is 5.32 Å². The van der Waals surface area contributed by atoms with Gasteiger partial charge in [-0.05, 0) is 12.5 Å². The Labute approximate surface area is 123 Å². The molecule has 0 aliphatic carbocycles. The zero-order valence-corrected chi connectivity index (χ0v) is 12.8. The summed E-state index contributed by atoms with van der Waals surface area (Å²) in [6.07, 6.45) is 2.27. The van der Waals surface area contributed by atoms with E-state index in [0.717, 1.165) is 0 Å². The first kappa shape index (κ1) is 16.2. The molecule has 0 bridgehead atoms. The lowest BCUT2D eigenvalue weighted by atomic mass is 10.2. The molecular formula is C11H14Cl2N2O3S. The smallest absolute Gasteiger partial charge is 0.293 e. The van der Waals surface area contributed by atoms with Gasteiger partial charge >= 0.3 is 0 Å². The predicted molar refractivity (Wildman–Crippen MR) is 79.8 cm³/mol. The van der Waals surface area contributed by atoms with Crippen molar-refractivity contribution in [2.24, 2.45) is 0 Å². The van der Waals surface area contributed by atoms with E-state index in [0.29, 0.717) is 18.7 Å². The molecule has 1 aromatic carbocycles. The Hall–Kier alpha value is -0.850. The molecule has 0 spiro atoms. The second-order valence-corrected chi connectivity index (χ2v) is 6.68. The van der Waals surface area contributed by atoms with Crippen LogP contribution in [0.2, 0.25) is 10.0 Å². The van der Waals surface area contributed by atoms with Crippen LogP contribution in [0.25, 0.3) is 0 Å². The van der Waals surface area contributed by atoms with Gasteiger partial charge in [-0.1, -0.05) is 30.1 Å². The van der Waals surface area contributed by atoms with Crippen LogP contribution in [-0.4, -0.2) is 27.2 Å². The number of hydrogen-bond acceptors (Lipinski definition) is 4. The summed E-state index contributed by atoms with van der Waals surface area (Å²) in [4.78, 5) is 10.4. The van der Waals surface area contributed by atoms with Gasteiger partial charge in [0.25, 0.3) is 5.69 Å². The van der Waals surface area contributed by atoms with E-state index >= 15 is 0 Å². The Kier molecular flexibility index (Phi) is 6.03. The zero-order chi connectivity index (χ0) is 14.6. The highest BCUT2D eigenvalue weighted by molar-refractivity contribution is 7.84. The molecule has 1 rings (SSSR count). The van der Waals surface area contributed by atoms with Gasteiger partial charge in [-0.2, -0.15) is 0 Å². The molecule has 0 radical (unpaired) electrons. The van der Waals surface area contributed by atoms with Gasteiger partial charge in [0.2, 0.25) is 0 Å². The number of nitro groups is 1. The Balaban J connectivity index is 2.80. The number of halogens is 2. The summed E-state index contributed by atoms with van der Waals surface area (Å²) in [5.41, 5.74) is 0.188. The number of nitrogens with one attached hydrogen (secondary N) is 1. The number of nitro benzene ring substituents is 1. The lowest BCUT2D eigenvalue weighted by Gasteiger charge is -2.11. The van der Waals surface area contributed by atoms with Crippen LogP contribution in [0, 0.1) is 10.1 Å². The van der Waals surface area contributed by atoms with Crippen molar-refractivity contribution in [3.05, 3.63) is 32.3 Å². The maximum Gasteiger partial charge on any atom is 0.293 e. The Bertz CT molecular complexity index is 511. The Morgan fingerprint density at radius 2 is 2.00 bits per heavy atom. The molecule has 2 atom stereocenters. The number of nitrogens with zero attached hydrogens (tertiary/aromatic N) is 1. The molecule has 8 heteroatoms. The van der Waals surface area contributed by atoms with Crippen molar-refractivity contribution in [2.75, 3.05) is 18.1 Å². The third kappa shape index (κ3) is 4.63. The first-order chi connectivity index (χ1) is 8.82. The molecule has 0 fully saturated rings. The molecule has 1 N–H and O–H groups in total. The van der Waals surface area contributed by atoms with E-state index in [2.05, 4.69) is 5.32 Å². The maximum atomic E-state index is 11.2. The minimum atomic E-state index is -0.911. The second kappa shape index (κ2) is 7.07. The second-order valence-electron chi connectivity index (χ2n) is 4.07. The zero-order valence-electron chi connectivity index (χ0n) is 10.5. The van der Waals surface area contributed by atoms with Crippen LogP contribution >= 0.6 is 23.2 Å². The van der Waals surface area contributed by atoms with Crippen LogP contribution in [-0.2, 0) is 10.8 Å². The maximum absolute atomic E-state index is 11.2. The van der Waals surface area contributed by atoms with Crippen LogP contribution in [0.4, 0.5) is 11.4 Å². The van der Waals surface area contributed by atoms with Gasteiger partial charge in [0, 0.05) is 34.9 Å². The fourth-order valence-electron chi connectivity index (χ4n) is 1.41. The topological polar surface area (TPSA) is 72.2 Å². The minimum Gasteiger partial charge on any atom is -0.379 e. The van der Waals surface area contributed by atoms with Crippen molar-refractivity contribution >= 4 is 45.4 Å². The van der Waals surface area contributed by atoms with E-state index in [-0.39, 0.29) is 21.0 Å². The van der Waals surface area contributed by atoms with Crippen molar-refractivity contribution in [3.63, 3.8) is 0 Å². The molecule has 0 saturated carbocycles. The SMILES string of the molecule is CC(CCNc1cc(Cl)c(Cl)cc1[N+](=O)[O-])S(C)=O. The van der Waals surface area contributed by atoms with Gasteiger partial charge < -0.3 is 5.32 Å². The molecule has 2 unspecified atom stereocenters. The summed E-state index contributed by atoms with van der Waals surface area (Å²) >= 11 is 11.6. The molecule has 0 aliphatic rings. The molecule has 0 heterocycles. The van der Waals surface area contributed by atoms with Gasteiger partial charge in [0.05, 0.1) is 15.0 Å². The number of anilines is 1. The number of rotatable bonds is 6. The molecule has 106 valence electrons. The Morgan fingerprint density at radius 3 is 2.53 bits per heavy atom. The lowest BCUT2D eigenvalue weighted by molar-refractivity contribution is -0.383. The number of benzene rings is 1. The summed E-state index contributed by atoms with van der Waals surface area (Å²) in [5.74, 6) is 0. The predicted octanol–water partition coefficient (Wildman–Crippen LogP) is 3.47. The van der Waals surface area contributed by atoms with Crippen LogP contribution in [0.3, 0.4) is 0 Å². The molecule has 0 amide bonds. The highest BCUT2D eigenvalue weighted by atomic mass is 35.5. The van der Waals surface area contributed by atoms with E-state index in [1.807, 2.05) is 6.92 Å². The van der Waals surface area contributed by atoms with Gasteiger partial charge in [0.1, 0.15) is 5.69 Å². The van der Waals surface area contributed by atoms with Gasteiger partial charge in [-0.3, -0.25) is 14.3 Å². The Morgan fingerprint density at radius 1 is 1.42 bits per heavy atom. The van der Waals surface area contributed by atoms with Crippen molar-refractivity contribution in [1.29, 1.82) is 0 Å². The van der Waals surface area contributed by atoms with E-state index in [1.165, 1.54) is 12.1 Å². The van der Waals surface area contributed by atoms with Crippen molar-refractivity contribution in [3.8, 4) is 0 Å². The number of hydrogen-bond donors (Lipinski definition) is 1. The molecule has 0 aromatic heterocycles. The fraction of sp³-hybridized carbons (Fsp3) is 0.455. The van der Waals surface area contributed by atoms with Gasteiger partial charge in [-0.25, -0.2) is 0 Å². The summed E-state index contributed by atoms with van der Waals surface area (Å²) in [5, 5.41) is 14.2. The van der Waals surface area contributed by atoms with Crippen LogP contribution in [0.5, 0.6) is 0 Å². The first-order valence-corrected chi connectivity index (χ1v) is 7.90. The molecule has 0 aliphatic heterocycles. The van der Waals surface area contributed by atoms with Gasteiger partial charge in [-0.15, -0.1) is 0 Å². The normalized spacial score (nSPS) is 13.9. The quantitative estimate of drug-likeness (QED) is 0.642. The monoisotopic (exact) mass is 324 g/mol. The summed E-state index contributed by atoms with van der Waals surface area (Å²) in [7, 11) is -0.911. The third-order valence-electron chi connectivity index (χ3n) is 2.67. The molecule has 19 heavy (non-hydrogen) atoms. The van der Waals surface area contributed by atoms with Crippen molar-refractivity contribution < 1.29 is 9.13 Å².